The summed E-state index contributed by atoms with van der Waals surface area (Å²) in [5, 5.41) is 20.9. The highest BCUT2D eigenvalue weighted by atomic mass is 32.2. The molecule has 4 rings (SSSR count). The number of fused-ring (bicyclic) bond motifs is 1. The Kier molecular flexibility index (Phi) is 10.6. The van der Waals surface area contributed by atoms with Crippen molar-refractivity contribution in [2.45, 2.75) is 68.3 Å². The van der Waals surface area contributed by atoms with Crippen LogP contribution in [0.15, 0.2) is 59.7 Å². The van der Waals surface area contributed by atoms with Crippen LogP contribution in [-0.2, 0) is 9.53 Å². The number of thioether (sulfide) groups is 2. The van der Waals surface area contributed by atoms with E-state index in [0.717, 1.165) is 42.4 Å². The van der Waals surface area contributed by atoms with Gasteiger partial charge in [0.2, 0.25) is 0 Å². The summed E-state index contributed by atoms with van der Waals surface area (Å²) in [7, 11) is 1.70. The van der Waals surface area contributed by atoms with E-state index in [4.69, 9.17) is 9.47 Å². The molecular weight excluding hydrogens is 560 g/mol. The summed E-state index contributed by atoms with van der Waals surface area (Å²) in [5.74, 6) is -0.489. The van der Waals surface area contributed by atoms with Gasteiger partial charge in [-0.1, -0.05) is 36.3 Å². The van der Waals surface area contributed by atoms with E-state index in [9.17, 15) is 24.6 Å². The molecular formula is C32H36O7S2. The molecule has 0 radical (unpaired) electrons. The van der Waals surface area contributed by atoms with Crippen molar-refractivity contribution in [3.8, 4) is 17.2 Å². The summed E-state index contributed by atoms with van der Waals surface area (Å²) >= 11 is 3.89. The highest BCUT2D eigenvalue weighted by Crippen LogP contribution is 2.50. The molecule has 7 nitrogen and oxygen atoms in total. The summed E-state index contributed by atoms with van der Waals surface area (Å²) in [4.78, 5) is 39.0. The van der Waals surface area contributed by atoms with Gasteiger partial charge < -0.3 is 19.7 Å². The number of phenols is 2. The van der Waals surface area contributed by atoms with Crippen LogP contribution in [0.4, 0.5) is 0 Å². The number of ketones is 2. The molecule has 41 heavy (non-hydrogen) atoms. The largest absolute Gasteiger partial charge is 0.507 e. The lowest BCUT2D eigenvalue weighted by Crippen LogP contribution is -2.29. The predicted molar refractivity (Wildman–Crippen MR) is 163 cm³/mol. The van der Waals surface area contributed by atoms with E-state index in [1.165, 1.54) is 17.7 Å². The fourth-order valence-electron chi connectivity index (χ4n) is 4.99. The minimum Gasteiger partial charge on any atom is -0.507 e. The predicted octanol–water partition coefficient (Wildman–Crippen LogP) is 7.18. The van der Waals surface area contributed by atoms with Crippen molar-refractivity contribution >= 4 is 41.1 Å². The van der Waals surface area contributed by atoms with Crippen molar-refractivity contribution in [3.05, 3.63) is 76.4 Å². The first-order valence-corrected chi connectivity index (χ1v) is 15.8. The quantitative estimate of drug-likeness (QED) is 0.121. The lowest BCUT2D eigenvalue weighted by Gasteiger charge is -2.29. The van der Waals surface area contributed by atoms with E-state index >= 15 is 0 Å². The van der Waals surface area contributed by atoms with Crippen molar-refractivity contribution < 1.29 is 34.1 Å². The van der Waals surface area contributed by atoms with Gasteiger partial charge in [-0.25, -0.2) is 0 Å². The second-order valence-electron chi connectivity index (χ2n) is 10.4. The molecule has 1 fully saturated rings. The van der Waals surface area contributed by atoms with Gasteiger partial charge >= 0.3 is 5.97 Å². The first kappa shape index (κ1) is 30.8. The van der Waals surface area contributed by atoms with Gasteiger partial charge in [0.1, 0.15) is 23.4 Å². The number of carbonyl (C=O) groups excluding carboxylic acids is 3. The van der Waals surface area contributed by atoms with Gasteiger partial charge in [-0.05, 0) is 63.1 Å². The molecule has 0 spiro atoms. The summed E-state index contributed by atoms with van der Waals surface area (Å²) in [6.07, 6.45) is 6.02. The molecule has 1 saturated heterocycles. The Morgan fingerprint density at radius 3 is 2.54 bits per heavy atom. The molecule has 0 bridgehead atoms. The number of aromatic hydroxyl groups is 2. The monoisotopic (exact) mass is 596 g/mol. The number of benzene rings is 2. The maximum atomic E-state index is 13.3. The third kappa shape index (κ3) is 7.57. The number of methoxy groups -OCH3 is 1. The molecule has 0 amide bonds. The number of esters is 1. The average Bonchev–Trinajstić information content (AvgIpc) is 2.96. The Bertz CT molecular complexity index is 1360. The van der Waals surface area contributed by atoms with E-state index in [-0.39, 0.29) is 35.3 Å². The first-order chi connectivity index (χ1) is 19.7. The maximum absolute atomic E-state index is 13.3. The van der Waals surface area contributed by atoms with Crippen molar-refractivity contribution in [1.82, 2.24) is 0 Å². The van der Waals surface area contributed by atoms with Gasteiger partial charge in [-0.3, -0.25) is 14.4 Å². The third-order valence-electron chi connectivity index (χ3n) is 7.12. The zero-order valence-electron chi connectivity index (χ0n) is 23.6. The summed E-state index contributed by atoms with van der Waals surface area (Å²) < 4.78 is 11.6. The van der Waals surface area contributed by atoms with Gasteiger partial charge in [0.15, 0.2) is 11.6 Å². The number of hydrogen-bond donors (Lipinski definition) is 2. The molecule has 1 aliphatic carbocycles. The molecule has 1 unspecified atom stereocenters. The van der Waals surface area contributed by atoms with Crippen LogP contribution in [0.1, 0.15) is 83.2 Å². The minimum atomic E-state index is -0.976. The molecule has 1 heterocycles. The lowest BCUT2D eigenvalue weighted by molar-refractivity contribution is -0.147. The Hall–Kier alpha value is -3.17. The van der Waals surface area contributed by atoms with Gasteiger partial charge in [0.25, 0.3) is 0 Å². The van der Waals surface area contributed by atoms with Crippen LogP contribution < -0.4 is 4.74 Å². The molecule has 1 aliphatic heterocycles. The van der Waals surface area contributed by atoms with E-state index in [2.05, 4.69) is 6.07 Å². The van der Waals surface area contributed by atoms with E-state index in [1.54, 1.807) is 7.11 Å². The number of unbranched alkanes of at least 4 members (excludes halogenated alkanes) is 1. The maximum Gasteiger partial charge on any atom is 0.306 e. The van der Waals surface area contributed by atoms with Crippen LogP contribution >= 0.6 is 23.5 Å². The van der Waals surface area contributed by atoms with Crippen molar-refractivity contribution in [3.63, 3.8) is 0 Å². The molecule has 218 valence electrons. The average molecular weight is 597 g/mol. The van der Waals surface area contributed by atoms with Crippen LogP contribution in [0.3, 0.4) is 0 Å². The second kappa shape index (κ2) is 14.1. The van der Waals surface area contributed by atoms with Crippen LogP contribution in [0, 0.1) is 0 Å². The number of ether oxygens (including phenoxy) is 2. The summed E-state index contributed by atoms with van der Waals surface area (Å²) in [6.45, 7) is 3.78. The molecule has 0 saturated carbocycles. The van der Waals surface area contributed by atoms with Gasteiger partial charge in [0.05, 0.1) is 22.8 Å². The molecule has 3 atom stereocenters. The Balaban J connectivity index is 1.34. The van der Waals surface area contributed by atoms with E-state index in [1.807, 2.05) is 61.6 Å². The molecule has 2 aromatic rings. The van der Waals surface area contributed by atoms with Crippen LogP contribution in [0.5, 0.6) is 17.2 Å². The number of carbonyl (C=O) groups is 3. The molecule has 2 aliphatic rings. The first-order valence-electron chi connectivity index (χ1n) is 13.8. The van der Waals surface area contributed by atoms with Crippen LogP contribution in [0.2, 0.25) is 0 Å². The van der Waals surface area contributed by atoms with Crippen molar-refractivity contribution in [2.75, 3.05) is 12.9 Å². The van der Waals surface area contributed by atoms with E-state index < -0.39 is 29.4 Å². The normalized spacial score (nSPS) is 19.1. The molecule has 0 aromatic heterocycles. The summed E-state index contributed by atoms with van der Waals surface area (Å²) in [5.41, 5.74) is 1.67. The highest BCUT2D eigenvalue weighted by Gasteiger charge is 2.35. The van der Waals surface area contributed by atoms with Gasteiger partial charge in [-0.2, -0.15) is 0 Å². The summed E-state index contributed by atoms with van der Waals surface area (Å²) in [6, 6.07) is 10.5. The van der Waals surface area contributed by atoms with E-state index in [0.29, 0.717) is 16.3 Å². The van der Waals surface area contributed by atoms with Crippen LogP contribution in [-0.4, -0.2) is 52.0 Å². The number of Topliss-reactive ketones (excluding diaryl/α,β-unsaturated/α-hetero) is 1. The lowest BCUT2D eigenvalue weighted by atomic mass is 9.85. The fraction of sp³-hybridized carbons (Fsp3) is 0.406. The number of rotatable bonds is 11. The third-order valence-corrected chi connectivity index (χ3v) is 10.2. The number of allylic oxidation sites excluding steroid dienone is 2. The fourth-order valence-corrected chi connectivity index (χ4v) is 8.47. The zero-order valence-corrected chi connectivity index (χ0v) is 25.2. The number of para-hydroxylation sites is 1. The van der Waals surface area contributed by atoms with Gasteiger partial charge in [-0.15, -0.1) is 23.5 Å². The Labute approximate surface area is 249 Å². The Morgan fingerprint density at radius 1 is 1.07 bits per heavy atom. The number of phenolic OH excluding ortho intramolecular Hbond substituents is 2. The number of hydrogen-bond acceptors (Lipinski definition) is 9. The van der Waals surface area contributed by atoms with Crippen molar-refractivity contribution in [1.29, 1.82) is 0 Å². The molecule has 2 aromatic carbocycles. The van der Waals surface area contributed by atoms with Crippen LogP contribution in [0.25, 0.3) is 0 Å². The second-order valence-corrected chi connectivity index (χ2v) is 13.3. The zero-order chi connectivity index (χ0) is 29.5. The topological polar surface area (TPSA) is 110 Å². The SMILES string of the molecule is COc1ccccc1C1SCC[C@@H](CCCCC(=O)O[C@H](CC=C(C)C)C2=CC(=O)c3c(O)ccc(O)c3C2=O)S1. The standard InChI is InChI=1S/C32H36O7S2/c1-19(2)12-15-27(22-18-25(35)29-23(33)13-14-24(34)30(29)31(22)37)39-28(36)11-7-4-8-20-16-17-40-32(41-20)21-9-5-6-10-26(21)38-3/h5-6,9-10,12-14,18,20,27,32-34H,4,7-8,11,15-17H2,1-3H3/t20-,27-,32?/m1/s1. The minimum absolute atomic E-state index is 0.00672. The van der Waals surface area contributed by atoms with Crippen molar-refractivity contribution in [2.24, 2.45) is 0 Å². The molecule has 9 heteroatoms. The highest BCUT2D eigenvalue weighted by molar-refractivity contribution is 8.17. The van der Waals surface area contributed by atoms with Gasteiger partial charge in [0, 0.05) is 29.2 Å². The molecule has 2 N–H and O–H groups in total. The smallest absolute Gasteiger partial charge is 0.306 e. The Morgan fingerprint density at radius 2 is 1.80 bits per heavy atom.